The Kier molecular flexibility index (Phi) is 2.55. The Morgan fingerprint density at radius 3 is 2.80 bits per heavy atom. The molecule has 2 heterocycles. The van der Waals surface area contributed by atoms with Crippen LogP contribution < -0.4 is 10.1 Å². The fourth-order valence-corrected chi connectivity index (χ4v) is 1.32. The second-order valence-corrected chi connectivity index (χ2v) is 3.48. The number of pyridine rings is 1. The molecule has 1 aliphatic rings. The molecule has 5 nitrogen and oxygen atoms in total. The Morgan fingerprint density at radius 2 is 2.33 bits per heavy atom. The van der Waals surface area contributed by atoms with Crippen molar-refractivity contribution in [3.05, 3.63) is 23.5 Å². The van der Waals surface area contributed by atoms with Crippen molar-refractivity contribution in [3.63, 3.8) is 0 Å². The lowest BCUT2D eigenvalue weighted by Crippen LogP contribution is -2.50. The first-order valence-corrected chi connectivity index (χ1v) is 4.75. The van der Waals surface area contributed by atoms with Gasteiger partial charge in [0, 0.05) is 13.1 Å². The van der Waals surface area contributed by atoms with Crippen LogP contribution >= 0.6 is 0 Å². The van der Waals surface area contributed by atoms with E-state index in [0.29, 0.717) is 11.4 Å². The highest BCUT2D eigenvalue weighted by molar-refractivity contribution is 5.85. The third-order valence-corrected chi connectivity index (χ3v) is 2.29. The smallest absolute Gasteiger partial charge is 0.354 e. The number of nitrogens with zero attached hydrogens (tertiary/aromatic N) is 1. The quantitative estimate of drug-likeness (QED) is 0.754. The fourth-order valence-electron chi connectivity index (χ4n) is 1.32. The van der Waals surface area contributed by atoms with Crippen LogP contribution in [0.15, 0.2) is 12.1 Å². The Balaban J connectivity index is 2.14. The molecule has 5 heteroatoms. The lowest BCUT2D eigenvalue weighted by molar-refractivity contribution is 0.0690. The van der Waals surface area contributed by atoms with Crippen LogP contribution in [-0.4, -0.2) is 35.3 Å². The molecular formula is C10H12N2O3. The first-order chi connectivity index (χ1) is 7.16. The van der Waals surface area contributed by atoms with Crippen molar-refractivity contribution in [1.29, 1.82) is 0 Å². The second-order valence-electron chi connectivity index (χ2n) is 3.48. The van der Waals surface area contributed by atoms with Crippen LogP contribution in [0.5, 0.6) is 5.75 Å². The van der Waals surface area contributed by atoms with Crippen LogP contribution in [0.25, 0.3) is 0 Å². The molecule has 80 valence electrons. The SMILES string of the molecule is Cc1nc(C(=O)O)ccc1OC1CNC1. The summed E-state index contributed by atoms with van der Waals surface area (Å²) in [5, 5.41) is 11.8. The summed E-state index contributed by atoms with van der Waals surface area (Å²) in [4.78, 5) is 14.6. The molecule has 0 amide bonds. The first kappa shape index (κ1) is 9.92. The predicted octanol–water partition coefficient (Wildman–Crippen LogP) is 0.439. The van der Waals surface area contributed by atoms with Crippen molar-refractivity contribution in [3.8, 4) is 5.75 Å². The van der Waals surface area contributed by atoms with Crippen molar-refractivity contribution < 1.29 is 14.6 Å². The number of carboxylic acid groups (broad SMARTS) is 1. The maximum Gasteiger partial charge on any atom is 0.354 e. The third-order valence-electron chi connectivity index (χ3n) is 2.29. The van der Waals surface area contributed by atoms with E-state index >= 15 is 0 Å². The van der Waals surface area contributed by atoms with Gasteiger partial charge in [-0.3, -0.25) is 0 Å². The minimum atomic E-state index is -1.02. The van der Waals surface area contributed by atoms with Gasteiger partial charge in [-0.1, -0.05) is 0 Å². The molecule has 1 fully saturated rings. The Bertz CT molecular complexity index is 388. The zero-order valence-corrected chi connectivity index (χ0v) is 8.36. The highest BCUT2D eigenvalue weighted by Crippen LogP contribution is 2.18. The van der Waals surface area contributed by atoms with Crippen LogP contribution in [0, 0.1) is 6.92 Å². The van der Waals surface area contributed by atoms with Crippen LogP contribution in [0.2, 0.25) is 0 Å². The van der Waals surface area contributed by atoms with E-state index in [1.807, 2.05) is 0 Å². The zero-order valence-electron chi connectivity index (χ0n) is 8.36. The lowest BCUT2D eigenvalue weighted by atomic mass is 10.2. The monoisotopic (exact) mass is 208 g/mol. The third kappa shape index (κ3) is 2.07. The summed E-state index contributed by atoms with van der Waals surface area (Å²) in [6, 6.07) is 3.11. The molecule has 15 heavy (non-hydrogen) atoms. The standard InChI is InChI=1S/C10H12N2O3/c1-6-9(15-7-4-11-5-7)3-2-8(12-6)10(13)14/h2-3,7,11H,4-5H2,1H3,(H,13,14). The van der Waals surface area contributed by atoms with E-state index in [9.17, 15) is 4.79 Å². The van der Waals surface area contributed by atoms with E-state index in [0.717, 1.165) is 13.1 Å². The van der Waals surface area contributed by atoms with Gasteiger partial charge in [0.05, 0.1) is 5.69 Å². The van der Waals surface area contributed by atoms with Crippen LogP contribution in [-0.2, 0) is 0 Å². The largest absolute Gasteiger partial charge is 0.486 e. The molecule has 1 saturated heterocycles. The van der Waals surface area contributed by atoms with E-state index in [2.05, 4.69) is 10.3 Å². The topological polar surface area (TPSA) is 71.5 Å². The average molecular weight is 208 g/mol. The molecule has 1 aliphatic heterocycles. The molecule has 2 rings (SSSR count). The number of aromatic carboxylic acids is 1. The van der Waals surface area contributed by atoms with Gasteiger partial charge in [-0.2, -0.15) is 0 Å². The summed E-state index contributed by atoms with van der Waals surface area (Å²) in [6.45, 7) is 3.41. The van der Waals surface area contributed by atoms with Gasteiger partial charge in [0.25, 0.3) is 0 Å². The van der Waals surface area contributed by atoms with E-state index < -0.39 is 5.97 Å². The Hall–Kier alpha value is -1.62. The summed E-state index contributed by atoms with van der Waals surface area (Å²) in [6.07, 6.45) is 0.182. The molecule has 0 spiro atoms. The number of rotatable bonds is 3. The van der Waals surface area contributed by atoms with E-state index in [1.54, 1.807) is 13.0 Å². The Labute approximate surface area is 87.1 Å². The summed E-state index contributed by atoms with van der Waals surface area (Å²) in [5.41, 5.74) is 0.661. The number of carbonyl (C=O) groups is 1. The van der Waals surface area contributed by atoms with Crippen LogP contribution in [0.1, 0.15) is 16.2 Å². The van der Waals surface area contributed by atoms with E-state index in [-0.39, 0.29) is 11.8 Å². The minimum absolute atomic E-state index is 0.0478. The summed E-state index contributed by atoms with van der Waals surface area (Å²) >= 11 is 0. The van der Waals surface area contributed by atoms with Gasteiger partial charge in [-0.15, -0.1) is 0 Å². The second kappa shape index (κ2) is 3.86. The summed E-state index contributed by atoms with van der Waals surface area (Å²) in [5.74, 6) is -0.360. The van der Waals surface area contributed by atoms with Crippen molar-refractivity contribution in [2.75, 3.05) is 13.1 Å². The minimum Gasteiger partial charge on any atom is -0.486 e. The molecular weight excluding hydrogens is 196 g/mol. The number of hydrogen-bond acceptors (Lipinski definition) is 4. The van der Waals surface area contributed by atoms with Crippen molar-refractivity contribution in [1.82, 2.24) is 10.3 Å². The lowest BCUT2D eigenvalue weighted by Gasteiger charge is -2.28. The molecule has 0 aromatic carbocycles. The van der Waals surface area contributed by atoms with Gasteiger partial charge in [0.1, 0.15) is 17.5 Å². The average Bonchev–Trinajstić information content (AvgIpc) is 2.12. The maximum absolute atomic E-state index is 10.6. The molecule has 1 aromatic heterocycles. The molecule has 0 unspecified atom stereocenters. The molecule has 0 radical (unpaired) electrons. The summed E-state index contributed by atoms with van der Waals surface area (Å²) in [7, 11) is 0. The molecule has 0 aliphatic carbocycles. The van der Waals surface area contributed by atoms with Gasteiger partial charge in [-0.25, -0.2) is 9.78 Å². The summed E-state index contributed by atoms with van der Waals surface area (Å²) < 4.78 is 5.60. The number of aryl methyl sites for hydroxylation is 1. The molecule has 0 bridgehead atoms. The number of ether oxygens (including phenoxy) is 1. The van der Waals surface area contributed by atoms with Crippen LogP contribution in [0.3, 0.4) is 0 Å². The van der Waals surface area contributed by atoms with Gasteiger partial charge in [-0.05, 0) is 19.1 Å². The zero-order chi connectivity index (χ0) is 10.8. The highest BCUT2D eigenvalue weighted by Gasteiger charge is 2.19. The van der Waals surface area contributed by atoms with Crippen molar-refractivity contribution in [2.45, 2.75) is 13.0 Å². The van der Waals surface area contributed by atoms with Gasteiger partial charge in [0.2, 0.25) is 0 Å². The molecule has 0 saturated carbocycles. The highest BCUT2D eigenvalue weighted by atomic mass is 16.5. The fraction of sp³-hybridized carbons (Fsp3) is 0.400. The normalized spacial score (nSPS) is 15.8. The number of hydrogen-bond donors (Lipinski definition) is 2. The van der Waals surface area contributed by atoms with Gasteiger partial charge < -0.3 is 15.2 Å². The van der Waals surface area contributed by atoms with Crippen molar-refractivity contribution >= 4 is 5.97 Å². The van der Waals surface area contributed by atoms with Gasteiger partial charge in [0.15, 0.2) is 0 Å². The maximum atomic E-state index is 10.6. The van der Waals surface area contributed by atoms with E-state index in [4.69, 9.17) is 9.84 Å². The number of nitrogens with one attached hydrogen (secondary N) is 1. The predicted molar refractivity (Wildman–Crippen MR) is 53.2 cm³/mol. The van der Waals surface area contributed by atoms with Crippen LogP contribution in [0.4, 0.5) is 0 Å². The van der Waals surface area contributed by atoms with Crippen molar-refractivity contribution in [2.24, 2.45) is 0 Å². The molecule has 1 aromatic rings. The first-order valence-electron chi connectivity index (χ1n) is 4.75. The molecule has 0 atom stereocenters. The molecule has 2 N–H and O–H groups in total. The van der Waals surface area contributed by atoms with E-state index in [1.165, 1.54) is 6.07 Å². The number of aromatic nitrogens is 1. The van der Waals surface area contributed by atoms with Gasteiger partial charge >= 0.3 is 5.97 Å². The number of carboxylic acids is 1. The Morgan fingerprint density at radius 1 is 1.60 bits per heavy atom.